The van der Waals surface area contributed by atoms with Gasteiger partial charge in [-0.15, -0.1) is 10.2 Å². The van der Waals surface area contributed by atoms with Crippen molar-refractivity contribution in [2.45, 2.75) is 12.5 Å². The summed E-state index contributed by atoms with van der Waals surface area (Å²) in [5, 5.41) is 20.4. The first-order valence-electron chi connectivity index (χ1n) is 7.70. The summed E-state index contributed by atoms with van der Waals surface area (Å²) in [5.41, 5.74) is 2.31. The van der Waals surface area contributed by atoms with Crippen LogP contribution < -0.4 is 5.32 Å². The topological polar surface area (TPSA) is 80.0 Å². The zero-order chi connectivity index (χ0) is 16.8. The van der Waals surface area contributed by atoms with Crippen molar-refractivity contribution in [1.29, 1.82) is 0 Å². The highest BCUT2D eigenvalue weighted by atomic mass is 16.3. The van der Waals surface area contributed by atoms with Gasteiger partial charge in [-0.1, -0.05) is 30.3 Å². The Balaban J connectivity index is 1.52. The second-order valence-electron chi connectivity index (χ2n) is 5.39. The number of hydrogen-bond acceptors (Lipinski definition) is 4. The van der Waals surface area contributed by atoms with E-state index in [2.05, 4.69) is 15.5 Å². The molecule has 1 aromatic heterocycles. The molecule has 1 heterocycles. The minimum Gasteiger partial charge on any atom is -0.388 e. The highest BCUT2D eigenvalue weighted by molar-refractivity contribution is 5.94. The van der Waals surface area contributed by atoms with Crippen molar-refractivity contribution < 1.29 is 9.90 Å². The van der Waals surface area contributed by atoms with Crippen molar-refractivity contribution in [3.8, 4) is 5.69 Å². The molecule has 3 rings (SSSR count). The fraction of sp³-hybridized carbons (Fsp3) is 0.167. The summed E-state index contributed by atoms with van der Waals surface area (Å²) >= 11 is 0. The number of rotatable bonds is 6. The molecule has 0 fully saturated rings. The standard InChI is InChI=1S/C18H18N4O2/c23-17(14-4-2-1-3-5-14)10-11-19-18(24)15-6-8-16(9-7-15)22-12-20-21-13-22/h1-9,12-13,17,23H,10-11H2,(H,19,24). The average molecular weight is 322 g/mol. The van der Waals surface area contributed by atoms with E-state index in [1.165, 1.54) is 0 Å². The van der Waals surface area contributed by atoms with Crippen LogP contribution in [0.2, 0.25) is 0 Å². The Morgan fingerprint density at radius 3 is 2.38 bits per heavy atom. The zero-order valence-electron chi connectivity index (χ0n) is 13.0. The van der Waals surface area contributed by atoms with Gasteiger partial charge in [0.2, 0.25) is 0 Å². The summed E-state index contributed by atoms with van der Waals surface area (Å²) in [4.78, 5) is 12.1. The normalized spacial score (nSPS) is 11.9. The number of aliphatic hydroxyl groups is 1. The molecular formula is C18H18N4O2. The molecule has 0 radical (unpaired) electrons. The van der Waals surface area contributed by atoms with E-state index in [9.17, 15) is 9.90 Å². The molecule has 0 aliphatic heterocycles. The molecular weight excluding hydrogens is 304 g/mol. The second-order valence-corrected chi connectivity index (χ2v) is 5.39. The molecule has 3 aromatic rings. The highest BCUT2D eigenvalue weighted by Crippen LogP contribution is 2.15. The van der Waals surface area contributed by atoms with E-state index in [0.29, 0.717) is 18.5 Å². The van der Waals surface area contributed by atoms with Crippen LogP contribution in [-0.4, -0.2) is 32.3 Å². The van der Waals surface area contributed by atoms with Crippen molar-refractivity contribution in [3.05, 3.63) is 78.4 Å². The summed E-state index contributed by atoms with van der Waals surface area (Å²) < 4.78 is 1.76. The maximum atomic E-state index is 12.1. The van der Waals surface area contributed by atoms with Crippen molar-refractivity contribution in [1.82, 2.24) is 20.1 Å². The lowest BCUT2D eigenvalue weighted by atomic mass is 10.1. The van der Waals surface area contributed by atoms with Gasteiger partial charge in [0.15, 0.2) is 0 Å². The third-order valence-electron chi connectivity index (χ3n) is 3.73. The highest BCUT2D eigenvalue weighted by Gasteiger charge is 2.09. The lowest BCUT2D eigenvalue weighted by Crippen LogP contribution is -2.25. The molecule has 0 aliphatic carbocycles. The Morgan fingerprint density at radius 2 is 1.71 bits per heavy atom. The number of benzene rings is 2. The molecule has 0 aliphatic rings. The molecule has 6 nitrogen and oxygen atoms in total. The first kappa shape index (κ1) is 15.9. The molecule has 6 heteroatoms. The predicted octanol–water partition coefficient (Wildman–Crippen LogP) is 2.12. The Kier molecular flexibility index (Phi) is 4.98. The Morgan fingerprint density at radius 1 is 1.04 bits per heavy atom. The Labute approximate surface area is 139 Å². The van der Waals surface area contributed by atoms with Gasteiger partial charge in [-0.3, -0.25) is 9.36 Å². The van der Waals surface area contributed by atoms with Crippen LogP contribution in [0, 0.1) is 0 Å². The first-order chi connectivity index (χ1) is 11.7. The number of nitrogens with one attached hydrogen (secondary N) is 1. The molecule has 1 amide bonds. The largest absolute Gasteiger partial charge is 0.388 e. The molecule has 1 atom stereocenters. The number of nitrogens with zero attached hydrogens (tertiary/aromatic N) is 3. The van der Waals surface area contributed by atoms with Crippen LogP contribution in [0.1, 0.15) is 28.4 Å². The second kappa shape index (κ2) is 7.52. The molecule has 1 unspecified atom stereocenters. The number of carbonyl (C=O) groups excluding carboxylic acids is 1. The summed E-state index contributed by atoms with van der Waals surface area (Å²) in [5.74, 6) is -0.162. The van der Waals surface area contributed by atoms with Gasteiger partial charge in [0.1, 0.15) is 12.7 Å². The van der Waals surface area contributed by atoms with Crippen molar-refractivity contribution in [3.63, 3.8) is 0 Å². The van der Waals surface area contributed by atoms with Crippen LogP contribution in [0.15, 0.2) is 67.3 Å². The number of carbonyl (C=O) groups is 1. The third-order valence-corrected chi connectivity index (χ3v) is 3.73. The Hall–Kier alpha value is -2.99. The van der Waals surface area contributed by atoms with Gasteiger partial charge in [-0.05, 0) is 36.2 Å². The maximum absolute atomic E-state index is 12.1. The molecule has 24 heavy (non-hydrogen) atoms. The zero-order valence-corrected chi connectivity index (χ0v) is 13.0. The molecule has 122 valence electrons. The minimum atomic E-state index is -0.581. The fourth-order valence-electron chi connectivity index (χ4n) is 2.39. The number of aliphatic hydroxyl groups excluding tert-OH is 1. The smallest absolute Gasteiger partial charge is 0.251 e. The van der Waals surface area contributed by atoms with E-state index in [1.807, 2.05) is 42.5 Å². The van der Waals surface area contributed by atoms with Gasteiger partial charge in [-0.2, -0.15) is 0 Å². The lowest BCUT2D eigenvalue weighted by molar-refractivity contribution is 0.0942. The molecule has 0 saturated heterocycles. The monoisotopic (exact) mass is 322 g/mol. The van der Waals surface area contributed by atoms with E-state index in [1.54, 1.807) is 29.4 Å². The predicted molar refractivity (Wildman–Crippen MR) is 89.7 cm³/mol. The van der Waals surface area contributed by atoms with E-state index < -0.39 is 6.10 Å². The van der Waals surface area contributed by atoms with Crippen molar-refractivity contribution >= 4 is 5.91 Å². The Bertz CT molecular complexity index is 771. The first-order valence-corrected chi connectivity index (χ1v) is 7.70. The van der Waals surface area contributed by atoms with Gasteiger partial charge in [-0.25, -0.2) is 0 Å². The summed E-state index contributed by atoms with van der Waals surface area (Å²) in [6.45, 7) is 0.405. The van der Waals surface area contributed by atoms with Gasteiger partial charge in [0.25, 0.3) is 5.91 Å². The van der Waals surface area contributed by atoms with Gasteiger partial charge in [0.05, 0.1) is 6.10 Å². The van der Waals surface area contributed by atoms with Gasteiger partial charge >= 0.3 is 0 Å². The number of amides is 1. The van der Waals surface area contributed by atoms with Crippen LogP contribution in [0.3, 0.4) is 0 Å². The molecule has 2 N–H and O–H groups in total. The summed E-state index contributed by atoms with van der Waals surface area (Å²) in [6.07, 6.45) is 3.08. The van der Waals surface area contributed by atoms with E-state index >= 15 is 0 Å². The van der Waals surface area contributed by atoms with Crippen LogP contribution in [0.5, 0.6) is 0 Å². The van der Waals surface area contributed by atoms with Crippen LogP contribution in [-0.2, 0) is 0 Å². The SMILES string of the molecule is O=C(NCCC(O)c1ccccc1)c1ccc(-n2cnnc2)cc1. The van der Waals surface area contributed by atoms with Crippen LogP contribution >= 0.6 is 0 Å². The number of aromatic nitrogens is 3. The van der Waals surface area contributed by atoms with Crippen LogP contribution in [0.4, 0.5) is 0 Å². The lowest BCUT2D eigenvalue weighted by Gasteiger charge is -2.11. The summed E-state index contributed by atoms with van der Waals surface area (Å²) in [7, 11) is 0. The van der Waals surface area contributed by atoms with E-state index in [-0.39, 0.29) is 5.91 Å². The average Bonchev–Trinajstić information content (AvgIpc) is 3.17. The van der Waals surface area contributed by atoms with Crippen LogP contribution in [0.25, 0.3) is 5.69 Å². The third kappa shape index (κ3) is 3.85. The molecule has 0 saturated carbocycles. The van der Waals surface area contributed by atoms with Gasteiger partial charge in [0, 0.05) is 17.8 Å². The summed E-state index contributed by atoms with van der Waals surface area (Å²) in [6, 6.07) is 16.6. The fourth-order valence-corrected chi connectivity index (χ4v) is 2.39. The van der Waals surface area contributed by atoms with Crippen molar-refractivity contribution in [2.75, 3.05) is 6.54 Å². The maximum Gasteiger partial charge on any atom is 0.251 e. The molecule has 0 bridgehead atoms. The molecule has 0 spiro atoms. The quantitative estimate of drug-likeness (QED) is 0.728. The number of hydrogen-bond donors (Lipinski definition) is 2. The minimum absolute atomic E-state index is 0.162. The van der Waals surface area contributed by atoms with Gasteiger partial charge < -0.3 is 10.4 Å². The van der Waals surface area contributed by atoms with E-state index in [4.69, 9.17) is 0 Å². The molecule has 2 aromatic carbocycles. The van der Waals surface area contributed by atoms with Crippen molar-refractivity contribution in [2.24, 2.45) is 0 Å². The van der Waals surface area contributed by atoms with E-state index in [0.717, 1.165) is 11.3 Å².